The number of para-hydroxylation sites is 1. The summed E-state index contributed by atoms with van der Waals surface area (Å²) in [6.07, 6.45) is 3.30. The smallest absolute Gasteiger partial charge is 0.323 e. The molecule has 1 aromatic heterocycles. The molecule has 0 fully saturated rings. The van der Waals surface area contributed by atoms with Crippen LogP contribution in [0, 0.1) is 6.92 Å². The van der Waals surface area contributed by atoms with Crippen molar-refractivity contribution in [2.75, 3.05) is 14.2 Å². The zero-order valence-corrected chi connectivity index (χ0v) is 25.8. The Morgan fingerprint density at radius 1 is 0.886 bits per heavy atom. The number of amides is 2. The molecule has 44 heavy (non-hydrogen) atoms. The molecule has 0 spiro atoms. The molecular weight excluding hydrogens is 558 g/mol. The van der Waals surface area contributed by atoms with Gasteiger partial charge < -0.3 is 29.8 Å². The molecule has 4 aromatic rings. The van der Waals surface area contributed by atoms with Crippen LogP contribution in [0.3, 0.4) is 0 Å². The molecule has 1 heterocycles. The van der Waals surface area contributed by atoms with Gasteiger partial charge in [-0.05, 0) is 61.6 Å². The number of methoxy groups -OCH3 is 2. The number of fused-ring (bicyclic) bond motifs is 1. The fourth-order valence-electron chi connectivity index (χ4n) is 5.54. The summed E-state index contributed by atoms with van der Waals surface area (Å²) in [5.74, 6) is -0.705. The number of rotatable bonds is 15. The molecule has 2 unspecified atom stereocenters. The number of carboxylic acids is 1. The van der Waals surface area contributed by atoms with Crippen molar-refractivity contribution < 1.29 is 29.0 Å². The summed E-state index contributed by atoms with van der Waals surface area (Å²) in [6.45, 7) is 3.65. The van der Waals surface area contributed by atoms with Crippen LogP contribution < -0.4 is 20.1 Å². The molecule has 2 amide bonds. The van der Waals surface area contributed by atoms with Crippen molar-refractivity contribution in [2.24, 2.45) is 0 Å². The maximum Gasteiger partial charge on any atom is 0.323 e. The van der Waals surface area contributed by atoms with Crippen LogP contribution >= 0.6 is 0 Å². The molecular formula is C35H41N3O6. The van der Waals surface area contributed by atoms with Gasteiger partial charge in [0.2, 0.25) is 5.91 Å². The number of nitrogens with one attached hydrogen (secondary N) is 2. The number of benzene rings is 3. The number of nitrogens with zero attached hydrogens (tertiary/aromatic N) is 1. The molecule has 3 N–H and O–H groups in total. The van der Waals surface area contributed by atoms with E-state index in [2.05, 4.69) is 17.6 Å². The van der Waals surface area contributed by atoms with Crippen molar-refractivity contribution in [1.82, 2.24) is 15.2 Å². The molecule has 9 heteroatoms. The Morgan fingerprint density at radius 2 is 1.55 bits per heavy atom. The third-order valence-electron chi connectivity index (χ3n) is 7.72. The van der Waals surface area contributed by atoms with Gasteiger partial charge in [0.15, 0.2) is 0 Å². The van der Waals surface area contributed by atoms with E-state index in [9.17, 15) is 19.5 Å². The fourth-order valence-corrected chi connectivity index (χ4v) is 5.54. The number of carbonyl (C=O) groups excluding carboxylic acids is 2. The molecule has 9 nitrogen and oxygen atoms in total. The minimum atomic E-state index is -1.07. The highest BCUT2D eigenvalue weighted by molar-refractivity contribution is 6.01. The molecule has 0 bridgehead atoms. The third-order valence-corrected chi connectivity index (χ3v) is 7.72. The molecule has 232 valence electrons. The van der Waals surface area contributed by atoms with Crippen molar-refractivity contribution in [3.63, 3.8) is 0 Å². The van der Waals surface area contributed by atoms with Gasteiger partial charge in [-0.1, -0.05) is 68.3 Å². The second-order valence-corrected chi connectivity index (χ2v) is 10.9. The minimum absolute atomic E-state index is 0.176. The lowest BCUT2D eigenvalue weighted by molar-refractivity contribution is -0.137. The van der Waals surface area contributed by atoms with Gasteiger partial charge in [-0.25, -0.2) is 0 Å². The summed E-state index contributed by atoms with van der Waals surface area (Å²) < 4.78 is 12.9. The van der Waals surface area contributed by atoms with Crippen LogP contribution in [0.5, 0.6) is 11.5 Å². The number of aromatic nitrogens is 1. The molecule has 2 atom stereocenters. The molecule has 0 radical (unpaired) electrons. The van der Waals surface area contributed by atoms with E-state index in [1.807, 2.05) is 61.5 Å². The van der Waals surface area contributed by atoms with E-state index in [4.69, 9.17) is 9.47 Å². The zero-order valence-electron chi connectivity index (χ0n) is 25.8. The van der Waals surface area contributed by atoms with Gasteiger partial charge in [-0.2, -0.15) is 0 Å². The summed E-state index contributed by atoms with van der Waals surface area (Å²) >= 11 is 0. The quantitative estimate of drug-likeness (QED) is 0.158. The van der Waals surface area contributed by atoms with E-state index in [1.165, 1.54) is 4.57 Å². The Kier molecular flexibility index (Phi) is 11.0. The predicted molar refractivity (Wildman–Crippen MR) is 170 cm³/mol. The first-order valence-corrected chi connectivity index (χ1v) is 14.9. The zero-order chi connectivity index (χ0) is 31.6. The lowest BCUT2D eigenvalue weighted by atomic mass is 9.96. The Balaban J connectivity index is 1.67. The number of aryl methyl sites for hydroxylation is 2. The molecule has 4 rings (SSSR count). The van der Waals surface area contributed by atoms with Gasteiger partial charge in [0.05, 0.1) is 25.8 Å². The van der Waals surface area contributed by atoms with Crippen LogP contribution in [0.25, 0.3) is 10.9 Å². The molecule has 0 saturated carbocycles. The second-order valence-electron chi connectivity index (χ2n) is 10.9. The van der Waals surface area contributed by atoms with Gasteiger partial charge in [-0.15, -0.1) is 0 Å². The summed E-state index contributed by atoms with van der Waals surface area (Å²) in [7, 11) is 3.19. The minimum Gasteiger partial charge on any atom is -0.496 e. The van der Waals surface area contributed by atoms with Crippen molar-refractivity contribution in [2.45, 2.75) is 64.6 Å². The average molecular weight is 600 g/mol. The summed E-state index contributed by atoms with van der Waals surface area (Å²) in [5.41, 5.74) is 3.55. The number of unbranched alkanes of at least 4 members (excludes halogenated alkanes) is 1. The summed E-state index contributed by atoms with van der Waals surface area (Å²) in [6, 6.07) is 21.1. The third kappa shape index (κ3) is 7.78. The molecule has 0 aliphatic carbocycles. The monoisotopic (exact) mass is 599 g/mol. The van der Waals surface area contributed by atoms with Gasteiger partial charge >= 0.3 is 5.97 Å². The van der Waals surface area contributed by atoms with E-state index in [0.29, 0.717) is 36.3 Å². The molecule has 0 saturated heterocycles. The average Bonchev–Trinajstić information content (AvgIpc) is 3.38. The lowest BCUT2D eigenvalue weighted by Gasteiger charge is -2.27. The number of ether oxygens (including phenoxy) is 2. The number of carbonyl (C=O) groups is 3. The van der Waals surface area contributed by atoms with Gasteiger partial charge in [0.1, 0.15) is 29.8 Å². The fraction of sp³-hybridized carbons (Fsp3) is 0.343. The molecule has 3 aromatic carbocycles. The van der Waals surface area contributed by atoms with Crippen LogP contribution in [0.1, 0.15) is 65.8 Å². The Bertz CT molecular complexity index is 1570. The van der Waals surface area contributed by atoms with E-state index in [-0.39, 0.29) is 18.1 Å². The van der Waals surface area contributed by atoms with Crippen LogP contribution in [0.15, 0.2) is 72.8 Å². The topological polar surface area (TPSA) is 119 Å². The second kappa shape index (κ2) is 15.1. The van der Waals surface area contributed by atoms with E-state index in [0.717, 1.165) is 34.9 Å². The Labute approximate surface area is 258 Å². The highest BCUT2D eigenvalue weighted by atomic mass is 16.5. The van der Waals surface area contributed by atoms with E-state index >= 15 is 0 Å². The van der Waals surface area contributed by atoms with Crippen molar-refractivity contribution in [1.29, 1.82) is 0 Å². The SMILES string of the molecule is CCCCC(NC(=O)C(CCc1ccccc1)NC(=O)c1cc2ccccc2n1CC(=O)O)c1c(OC)cc(C)cc1OC. The van der Waals surface area contributed by atoms with Crippen LogP contribution in [0.2, 0.25) is 0 Å². The first kappa shape index (κ1) is 32.1. The molecule has 0 aliphatic rings. The van der Waals surface area contributed by atoms with Crippen molar-refractivity contribution in [3.05, 3.63) is 95.2 Å². The van der Waals surface area contributed by atoms with Crippen molar-refractivity contribution >= 4 is 28.7 Å². The molecule has 0 aliphatic heterocycles. The largest absolute Gasteiger partial charge is 0.496 e. The predicted octanol–water partition coefficient (Wildman–Crippen LogP) is 5.83. The van der Waals surface area contributed by atoms with Gasteiger partial charge in [0.25, 0.3) is 5.91 Å². The maximum atomic E-state index is 14.1. The van der Waals surface area contributed by atoms with Crippen LogP contribution in [-0.2, 0) is 22.6 Å². The maximum absolute atomic E-state index is 14.1. The van der Waals surface area contributed by atoms with E-state index < -0.39 is 24.0 Å². The highest BCUT2D eigenvalue weighted by Gasteiger charge is 2.29. The summed E-state index contributed by atoms with van der Waals surface area (Å²) in [5, 5.41) is 16.4. The van der Waals surface area contributed by atoms with Crippen molar-refractivity contribution in [3.8, 4) is 11.5 Å². The summed E-state index contributed by atoms with van der Waals surface area (Å²) in [4.78, 5) is 39.5. The van der Waals surface area contributed by atoms with Crippen LogP contribution in [0.4, 0.5) is 0 Å². The number of carboxylic acid groups (broad SMARTS) is 1. The number of hydrogen-bond acceptors (Lipinski definition) is 5. The number of aliphatic carboxylic acids is 1. The van der Waals surface area contributed by atoms with Gasteiger partial charge in [0, 0.05) is 10.9 Å². The lowest BCUT2D eigenvalue weighted by Crippen LogP contribution is -2.48. The Hall–Kier alpha value is -4.79. The Morgan fingerprint density at radius 3 is 2.18 bits per heavy atom. The van der Waals surface area contributed by atoms with Gasteiger partial charge in [-0.3, -0.25) is 14.4 Å². The standard InChI is InChI=1S/C35H41N3O6/c1-5-6-15-26(33-30(43-3)19-23(2)20-31(33)44-4)36-34(41)27(18-17-24-12-8-7-9-13-24)37-35(42)29-21-25-14-10-11-16-28(25)38(29)22-32(39)40/h7-14,16,19-21,26-27H,5-6,15,17-18,22H2,1-4H3,(H,36,41)(H,37,42)(H,39,40). The van der Waals surface area contributed by atoms with Crippen LogP contribution in [-0.4, -0.2) is 47.7 Å². The number of hydrogen-bond donors (Lipinski definition) is 3. The first-order valence-electron chi connectivity index (χ1n) is 14.9. The first-order chi connectivity index (χ1) is 21.2. The highest BCUT2D eigenvalue weighted by Crippen LogP contribution is 2.38. The van der Waals surface area contributed by atoms with E-state index in [1.54, 1.807) is 32.4 Å². The normalized spacial score (nSPS) is 12.4.